The number of hydrogen-bond acceptors (Lipinski definition) is 6. The molecule has 4 aliphatic heterocycles. The van der Waals surface area contributed by atoms with E-state index in [9.17, 15) is 14.4 Å². The Balaban J connectivity index is 1.20. The van der Waals surface area contributed by atoms with Crippen LogP contribution in [-0.4, -0.2) is 67.7 Å². The van der Waals surface area contributed by atoms with Crippen LogP contribution in [0.1, 0.15) is 60.9 Å². The molecule has 0 bridgehead atoms. The van der Waals surface area contributed by atoms with Crippen molar-refractivity contribution in [3.05, 3.63) is 28.3 Å². The first-order valence-corrected chi connectivity index (χ1v) is 13.2. The van der Waals surface area contributed by atoms with E-state index in [-0.39, 0.29) is 11.9 Å². The van der Waals surface area contributed by atoms with Gasteiger partial charge in [-0.1, -0.05) is 11.6 Å². The number of hydrogen-bond donors (Lipinski definition) is 2. The molecule has 1 aromatic carbocycles. The molecule has 5 rings (SSSR count). The van der Waals surface area contributed by atoms with Crippen LogP contribution in [0, 0.1) is 11.8 Å². The minimum absolute atomic E-state index is 0.000788. The van der Waals surface area contributed by atoms with Crippen molar-refractivity contribution in [1.82, 2.24) is 15.5 Å². The normalized spacial score (nSPS) is 26.6. The highest BCUT2D eigenvalue weighted by Gasteiger charge is 2.38. The van der Waals surface area contributed by atoms with E-state index in [0.29, 0.717) is 42.8 Å². The molecule has 0 aliphatic carbocycles. The molecule has 2 unspecified atom stereocenters. The Morgan fingerprint density at radius 2 is 1.79 bits per heavy atom. The largest absolute Gasteiger partial charge is 0.370 e. The van der Waals surface area contributed by atoms with Crippen molar-refractivity contribution in [1.29, 1.82) is 0 Å². The first-order valence-electron chi connectivity index (χ1n) is 12.9. The zero-order chi connectivity index (χ0) is 23.7. The van der Waals surface area contributed by atoms with E-state index >= 15 is 0 Å². The number of carbonyl (C=O) groups excluding carboxylic acids is 3. The van der Waals surface area contributed by atoms with E-state index in [1.807, 2.05) is 17.0 Å². The van der Waals surface area contributed by atoms with Crippen LogP contribution in [0.2, 0.25) is 5.02 Å². The maximum absolute atomic E-state index is 13.1. The van der Waals surface area contributed by atoms with Gasteiger partial charge in [0.2, 0.25) is 5.78 Å². The van der Waals surface area contributed by atoms with Gasteiger partial charge in [-0.25, -0.2) is 0 Å². The highest BCUT2D eigenvalue weighted by molar-refractivity contribution is 6.35. The van der Waals surface area contributed by atoms with Crippen molar-refractivity contribution in [2.45, 2.75) is 63.6 Å². The van der Waals surface area contributed by atoms with Gasteiger partial charge in [0.05, 0.1) is 16.8 Å². The number of nitrogens with one attached hydrogen (secondary N) is 2. The van der Waals surface area contributed by atoms with Crippen LogP contribution in [0.25, 0.3) is 0 Å². The molecule has 8 heteroatoms. The Morgan fingerprint density at radius 1 is 1.06 bits per heavy atom. The smallest absolute Gasteiger partial charge is 0.254 e. The summed E-state index contributed by atoms with van der Waals surface area (Å²) in [7, 11) is 0. The summed E-state index contributed by atoms with van der Waals surface area (Å²) in [6, 6.07) is 3.53. The molecule has 3 saturated heterocycles. The van der Waals surface area contributed by atoms with Gasteiger partial charge in [0, 0.05) is 43.3 Å². The van der Waals surface area contributed by atoms with Gasteiger partial charge in [-0.15, -0.1) is 0 Å². The van der Waals surface area contributed by atoms with E-state index in [1.54, 1.807) is 0 Å². The second-order valence-electron chi connectivity index (χ2n) is 10.4. The molecular formula is C26H35ClN4O3. The Hall–Kier alpha value is -1.96. The second-order valence-corrected chi connectivity index (χ2v) is 10.8. The summed E-state index contributed by atoms with van der Waals surface area (Å²) in [4.78, 5) is 39.8. The fourth-order valence-corrected chi connectivity index (χ4v) is 6.67. The molecule has 2 atom stereocenters. The van der Waals surface area contributed by atoms with Crippen molar-refractivity contribution in [2.75, 3.05) is 37.6 Å². The van der Waals surface area contributed by atoms with Crippen molar-refractivity contribution in [3.8, 4) is 0 Å². The van der Waals surface area contributed by atoms with Gasteiger partial charge in [0.1, 0.15) is 0 Å². The highest BCUT2D eigenvalue weighted by Crippen LogP contribution is 2.40. The average Bonchev–Trinajstić information content (AvgIpc) is 3.22. The number of rotatable bonds is 6. The first kappa shape index (κ1) is 23.8. The third-order valence-electron chi connectivity index (χ3n) is 8.41. The highest BCUT2D eigenvalue weighted by atomic mass is 35.5. The van der Waals surface area contributed by atoms with E-state index in [0.717, 1.165) is 36.2 Å². The summed E-state index contributed by atoms with van der Waals surface area (Å²) in [5.74, 6) is 1.27. The van der Waals surface area contributed by atoms with Crippen LogP contribution in [0.5, 0.6) is 0 Å². The lowest BCUT2D eigenvalue weighted by molar-refractivity contribution is -0.131. The van der Waals surface area contributed by atoms with E-state index in [1.165, 1.54) is 45.2 Å². The van der Waals surface area contributed by atoms with Crippen LogP contribution in [0.4, 0.5) is 5.69 Å². The van der Waals surface area contributed by atoms with E-state index < -0.39 is 11.8 Å². The van der Waals surface area contributed by atoms with Gasteiger partial charge in [0.25, 0.3) is 5.91 Å². The van der Waals surface area contributed by atoms with Crippen LogP contribution in [-0.2, 0) is 16.1 Å². The van der Waals surface area contributed by atoms with Crippen molar-refractivity contribution >= 4 is 35.3 Å². The number of Topliss-reactive ketones (excluding diaryl/α,β-unsaturated/α-hetero) is 1. The molecule has 1 amide bonds. The summed E-state index contributed by atoms with van der Waals surface area (Å²) in [6.45, 7) is 5.39. The van der Waals surface area contributed by atoms with Gasteiger partial charge < -0.3 is 20.4 Å². The number of nitrogens with zero attached hydrogens (tertiary/aromatic N) is 2. The van der Waals surface area contributed by atoms with Crippen LogP contribution in [0.15, 0.2) is 12.1 Å². The van der Waals surface area contributed by atoms with Crippen LogP contribution >= 0.6 is 11.6 Å². The van der Waals surface area contributed by atoms with Gasteiger partial charge in [-0.3, -0.25) is 14.4 Å². The molecule has 0 aromatic heterocycles. The summed E-state index contributed by atoms with van der Waals surface area (Å²) in [6.07, 6.45) is 8.03. The third-order valence-corrected chi connectivity index (χ3v) is 8.83. The summed E-state index contributed by atoms with van der Waals surface area (Å²) in [5, 5.41) is 7.31. The molecule has 1 aromatic rings. The van der Waals surface area contributed by atoms with Gasteiger partial charge in [-0.05, 0) is 82.0 Å². The fourth-order valence-electron chi connectivity index (χ4n) is 6.33. The fraction of sp³-hybridized carbons (Fsp3) is 0.654. The molecule has 3 fully saturated rings. The minimum atomic E-state index is -0.429. The summed E-state index contributed by atoms with van der Waals surface area (Å²) < 4.78 is 0. The number of fused-ring (bicyclic) bond motifs is 1. The monoisotopic (exact) mass is 486 g/mol. The molecule has 0 spiro atoms. The predicted octanol–water partition coefficient (Wildman–Crippen LogP) is 2.79. The molecule has 2 N–H and O–H groups in total. The zero-order valence-electron chi connectivity index (χ0n) is 19.7. The van der Waals surface area contributed by atoms with Crippen LogP contribution < -0.4 is 15.5 Å². The number of benzene rings is 1. The molecule has 0 radical (unpaired) electrons. The molecular weight excluding hydrogens is 452 g/mol. The van der Waals surface area contributed by atoms with Gasteiger partial charge >= 0.3 is 0 Å². The summed E-state index contributed by atoms with van der Waals surface area (Å²) >= 11 is 6.91. The lowest BCUT2D eigenvalue weighted by Crippen LogP contribution is -2.52. The molecule has 7 nitrogen and oxygen atoms in total. The third kappa shape index (κ3) is 4.75. The minimum Gasteiger partial charge on any atom is -0.370 e. The topological polar surface area (TPSA) is 81.8 Å². The molecule has 4 aliphatic rings. The number of anilines is 1. The molecule has 184 valence electrons. The Kier molecular flexibility index (Phi) is 7.23. The number of aldehydes is 1. The number of ketones is 1. The van der Waals surface area contributed by atoms with Crippen molar-refractivity contribution in [2.24, 2.45) is 11.8 Å². The van der Waals surface area contributed by atoms with Gasteiger partial charge in [-0.2, -0.15) is 0 Å². The quantitative estimate of drug-likeness (QED) is 0.475. The lowest BCUT2D eigenvalue weighted by Gasteiger charge is -2.36. The molecule has 34 heavy (non-hydrogen) atoms. The first-order chi connectivity index (χ1) is 16.5. The Bertz CT molecular complexity index is 932. The van der Waals surface area contributed by atoms with Crippen LogP contribution in [0.3, 0.4) is 0 Å². The number of halogens is 1. The SMILES string of the molecule is O=CC(=O)C1CCC(N2Cc3c(ccc(N4CCC(CC5CCNCC5)CC4)c3Cl)C2=O)CN1. The molecule has 4 heterocycles. The number of amides is 1. The maximum Gasteiger partial charge on any atom is 0.254 e. The number of carbonyl (C=O) groups is 3. The van der Waals surface area contributed by atoms with Crippen molar-refractivity contribution in [3.63, 3.8) is 0 Å². The Labute approximate surface area is 206 Å². The summed E-state index contributed by atoms with van der Waals surface area (Å²) in [5.41, 5.74) is 2.67. The Morgan fingerprint density at radius 3 is 2.47 bits per heavy atom. The maximum atomic E-state index is 13.1. The number of piperidine rings is 3. The standard InChI is InChI=1S/C26H35ClN4O3/c27-25-21-15-31(19-1-3-22(29-14-19)24(33)16-32)26(34)20(21)2-4-23(25)30-11-7-18(8-12-30)13-17-5-9-28-10-6-17/h2,4,16-19,22,28-29H,1,3,5-15H2. The van der Waals surface area contributed by atoms with E-state index in [2.05, 4.69) is 15.5 Å². The van der Waals surface area contributed by atoms with Crippen molar-refractivity contribution < 1.29 is 14.4 Å². The second kappa shape index (κ2) is 10.3. The molecule has 0 saturated carbocycles. The van der Waals surface area contributed by atoms with E-state index in [4.69, 9.17) is 11.6 Å². The zero-order valence-corrected chi connectivity index (χ0v) is 20.5. The lowest BCUT2D eigenvalue weighted by atomic mass is 9.83. The van der Waals surface area contributed by atoms with Gasteiger partial charge in [0.15, 0.2) is 6.29 Å². The predicted molar refractivity (Wildman–Crippen MR) is 132 cm³/mol. The average molecular weight is 487 g/mol.